The number of rotatable bonds is 7. The lowest BCUT2D eigenvalue weighted by Gasteiger charge is -2.30. The van der Waals surface area contributed by atoms with Crippen molar-refractivity contribution in [2.24, 2.45) is 0 Å². The Morgan fingerprint density at radius 1 is 0.311 bits per heavy atom. The van der Waals surface area contributed by atoms with Gasteiger partial charge in [-0.25, -0.2) is 0 Å². The van der Waals surface area contributed by atoms with Crippen molar-refractivity contribution in [1.82, 2.24) is 0 Å². The molecule has 3 heteroatoms. The molecule has 12 rings (SSSR count). The van der Waals surface area contributed by atoms with Gasteiger partial charge in [0.05, 0.1) is 11.4 Å². The van der Waals surface area contributed by atoms with Gasteiger partial charge >= 0.3 is 0 Å². The highest BCUT2D eigenvalue weighted by atomic mass is 32.1. The first-order chi connectivity index (χ1) is 30.2. The number of benzene rings is 10. The van der Waals surface area contributed by atoms with E-state index in [1.807, 2.05) is 23.5 Å². The van der Waals surface area contributed by atoms with Gasteiger partial charge in [0.15, 0.2) is 0 Å². The first kappa shape index (κ1) is 35.2. The third-order valence-electron chi connectivity index (χ3n) is 12.1. The van der Waals surface area contributed by atoms with Crippen LogP contribution in [-0.2, 0) is 0 Å². The first-order valence-electron chi connectivity index (χ1n) is 20.7. The number of anilines is 3. The summed E-state index contributed by atoms with van der Waals surface area (Å²) in [5.74, 6) is 0. The summed E-state index contributed by atoms with van der Waals surface area (Å²) in [6.45, 7) is 0. The zero-order valence-electron chi connectivity index (χ0n) is 33.1. The summed E-state index contributed by atoms with van der Waals surface area (Å²) in [6, 6.07) is 81.4. The van der Waals surface area contributed by atoms with Gasteiger partial charge in [0, 0.05) is 47.8 Å². The molecule has 0 spiro atoms. The van der Waals surface area contributed by atoms with Crippen LogP contribution in [0.15, 0.2) is 229 Å². The molecule has 0 unspecified atom stereocenters. The molecule has 2 nitrogen and oxygen atoms in total. The molecule has 0 aliphatic rings. The van der Waals surface area contributed by atoms with Crippen LogP contribution in [0.2, 0.25) is 0 Å². The van der Waals surface area contributed by atoms with Gasteiger partial charge in [-0.2, -0.15) is 0 Å². The predicted octanol–water partition coefficient (Wildman–Crippen LogP) is 17.2. The lowest BCUT2D eigenvalue weighted by molar-refractivity contribution is 0.669. The minimum Gasteiger partial charge on any atom is -0.456 e. The third-order valence-corrected chi connectivity index (χ3v) is 13.2. The average Bonchev–Trinajstić information content (AvgIpc) is 3.90. The Morgan fingerprint density at radius 2 is 0.885 bits per heavy atom. The second-order valence-electron chi connectivity index (χ2n) is 15.6. The van der Waals surface area contributed by atoms with E-state index in [1.54, 1.807) is 0 Å². The number of furan rings is 1. The SMILES string of the molecule is c1ccc(-c2ccccc2N(c2ccc(-c3ccc4c(c3)sc3ccccc34)cc2)c2ccccc2-c2ccc3oc4ccccc4c3c2)c(-c2ccc3ccccc3c2)c1. The van der Waals surface area contributed by atoms with Gasteiger partial charge in [0.2, 0.25) is 0 Å². The van der Waals surface area contributed by atoms with Crippen molar-refractivity contribution < 1.29 is 4.42 Å². The zero-order valence-corrected chi connectivity index (χ0v) is 33.9. The number of para-hydroxylation sites is 3. The molecule has 61 heavy (non-hydrogen) atoms. The number of thiophene rings is 1. The normalized spacial score (nSPS) is 11.6. The Hall–Kier alpha value is -7.72. The molecule has 12 aromatic rings. The quantitative estimate of drug-likeness (QED) is 0.160. The Balaban J connectivity index is 1.04. The molecule has 10 aromatic carbocycles. The van der Waals surface area contributed by atoms with E-state index >= 15 is 0 Å². The van der Waals surface area contributed by atoms with E-state index in [0.29, 0.717) is 0 Å². The van der Waals surface area contributed by atoms with Crippen molar-refractivity contribution in [2.75, 3.05) is 4.90 Å². The molecule has 0 saturated carbocycles. The van der Waals surface area contributed by atoms with Gasteiger partial charge in [-0.1, -0.05) is 164 Å². The first-order valence-corrected chi connectivity index (χ1v) is 21.6. The second kappa shape index (κ2) is 14.5. The Kier molecular flexibility index (Phi) is 8.39. The van der Waals surface area contributed by atoms with E-state index in [2.05, 4.69) is 217 Å². The topological polar surface area (TPSA) is 16.4 Å². The lowest BCUT2D eigenvalue weighted by Crippen LogP contribution is -2.12. The smallest absolute Gasteiger partial charge is 0.135 e. The molecule has 2 heterocycles. The fraction of sp³-hybridized carbons (Fsp3) is 0. The van der Waals surface area contributed by atoms with E-state index < -0.39 is 0 Å². The molecule has 0 aliphatic heterocycles. The average molecular weight is 796 g/mol. The molecule has 2 aromatic heterocycles. The van der Waals surface area contributed by atoms with Crippen molar-refractivity contribution in [3.05, 3.63) is 224 Å². The summed E-state index contributed by atoms with van der Waals surface area (Å²) in [7, 11) is 0. The minimum absolute atomic E-state index is 0.888. The standard InChI is InChI=1S/C58H37NOS/c1-2-14-40-35-42(26-25-38(40)13-1)45-15-3-4-17-47(45)48-18-6-10-22-54(48)59(44-31-27-39(28-32-44)41-29-33-51-50-20-8-12-24-57(50)61-58(51)37-41)53-21-9-5-16-46(53)43-30-34-56-52(36-43)49-19-7-11-23-55(49)60-56/h1-37H. The summed E-state index contributed by atoms with van der Waals surface area (Å²) in [4.78, 5) is 2.44. The maximum Gasteiger partial charge on any atom is 0.135 e. The van der Waals surface area contributed by atoms with Gasteiger partial charge in [-0.05, 0) is 105 Å². The highest BCUT2D eigenvalue weighted by Crippen LogP contribution is 2.47. The maximum absolute atomic E-state index is 6.27. The molecular weight excluding hydrogens is 759 g/mol. The highest BCUT2D eigenvalue weighted by Gasteiger charge is 2.22. The van der Waals surface area contributed by atoms with Gasteiger partial charge in [0.1, 0.15) is 11.2 Å². The third kappa shape index (κ3) is 6.09. The molecule has 0 N–H and O–H groups in total. The number of hydrogen-bond acceptors (Lipinski definition) is 3. The molecule has 286 valence electrons. The molecule has 0 aliphatic carbocycles. The maximum atomic E-state index is 6.27. The van der Waals surface area contributed by atoms with E-state index in [1.165, 1.54) is 58.8 Å². The van der Waals surface area contributed by atoms with Crippen LogP contribution in [-0.4, -0.2) is 0 Å². The van der Waals surface area contributed by atoms with Crippen LogP contribution in [0.5, 0.6) is 0 Å². The molecule has 0 bridgehead atoms. The van der Waals surface area contributed by atoms with Crippen LogP contribution in [0.1, 0.15) is 0 Å². The second-order valence-corrected chi connectivity index (χ2v) is 16.7. The number of hydrogen-bond donors (Lipinski definition) is 0. The van der Waals surface area contributed by atoms with E-state index in [-0.39, 0.29) is 0 Å². The Labute approximate surface area is 357 Å². The van der Waals surface area contributed by atoms with Gasteiger partial charge in [-0.15, -0.1) is 11.3 Å². The summed E-state index contributed by atoms with van der Waals surface area (Å²) in [6.07, 6.45) is 0. The van der Waals surface area contributed by atoms with Gasteiger partial charge in [0.25, 0.3) is 0 Å². The molecule has 0 fully saturated rings. The van der Waals surface area contributed by atoms with Gasteiger partial charge < -0.3 is 9.32 Å². The van der Waals surface area contributed by atoms with Crippen LogP contribution < -0.4 is 4.90 Å². The molecule has 0 atom stereocenters. The van der Waals surface area contributed by atoms with Crippen molar-refractivity contribution in [3.63, 3.8) is 0 Å². The zero-order chi connectivity index (χ0) is 40.3. The summed E-state index contributed by atoms with van der Waals surface area (Å²) < 4.78 is 8.90. The fourth-order valence-corrected chi connectivity index (χ4v) is 10.3. The van der Waals surface area contributed by atoms with Gasteiger partial charge in [-0.3, -0.25) is 0 Å². The monoisotopic (exact) mass is 795 g/mol. The molecule has 0 saturated heterocycles. The predicted molar refractivity (Wildman–Crippen MR) is 261 cm³/mol. The number of fused-ring (bicyclic) bond motifs is 7. The highest BCUT2D eigenvalue weighted by molar-refractivity contribution is 7.25. The van der Waals surface area contributed by atoms with E-state index in [0.717, 1.165) is 55.7 Å². The largest absolute Gasteiger partial charge is 0.456 e. The van der Waals surface area contributed by atoms with E-state index in [9.17, 15) is 0 Å². The number of nitrogens with zero attached hydrogens (tertiary/aromatic N) is 1. The van der Waals surface area contributed by atoms with Crippen LogP contribution in [0.4, 0.5) is 17.1 Å². The van der Waals surface area contributed by atoms with E-state index in [4.69, 9.17) is 4.42 Å². The summed E-state index contributed by atoms with van der Waals surface area (Å²) in [5.41, 5.74) is 14.4. The van der Waals surface area contributed by atoms with Crippen molar-refractivity contribution in [1.29, 1.82) is 0 Å². The van der Waals surface area contributed by atoms with Crippen LogP contribution in [0, 0.1) is 0 Å². The van der Waals surface area contributed by atoms with Crippen LogP contribution in [0.3, 0.4) is 0 Å². The van der Waals surface area contributed by atoms with Crippen LogP contribution in [0.25, 0.3) is 97.4 Å². The van der Waals surface area contributed by atoms with Crippen molar-refractivity contribution >= 4 is 81.3 Å². The van der Waals surface area contributed by atoms with Crippen molar-refractivity contribution in [2.45, 2.75) is 0 Å². The Morgan fingerprint density at radius 3 is 1.74 bits per heavy atom. The minimum atomic E-state index is 0.888. The molecule has 0 amide bonds. The fourth-order valence-electron chi connectivity index (χ4n) is 9.15. The Bertz CT molecular complexity index is 3610. The molecular formula is C58H37NOS. The lowest BCUT2D eigenvalue weighted by atomic mass is 9.91. The summed E-state index contributed by atoms with van der Waals surface area (Å²) in [5, 5.41) is 7.33. The van der Waals surface area contributed by atoms with Crippen molar-refractivity contribution in [3.8, 4) is 44.5 Å². The van der Waals surface area contributed by atoms with Crippen LogP contribution >= 0.6 is 11.3 Å². The molecule has 0 radical (unpaired) electrons. The summed E-state index contributed by atoms with van der Waals surface area (Å²) >= 11 is 1.86.